The van der Waals surface area contributed by atoms with Crippen LogP contribution in [0.2, 0.25) is 0 Å². The third-order valence-corrected chi connectivity index (χ3v) is 9.95. The van der Waals surface area contributed by atoms with E-state index in [-0.39, 0.29) is 0 Å². The zero-order valence-corrected chi connectivity index (χ0v) is 30.2. The first-order chi connectivity index (χ1) is 26.5. The molecule has 0 fully saturated rings. The maximum Gasteiger partial charge on any atom is 0.147 e. The van der Waals surface area contributed by atoms with E-state index in [1.165, 1.54) is 21.8 Å². The third-order valence-electron chi connectivity index (χ3n) is 9.95. The fourth-order valence-electron chi connectivity index (χ4n) is 7.22. The number of hydrogen-bond donors (Lipinski definition) is 3. The van der Waals surface area contributed by atoms with Crippen LogP contribution in [0.1, 0.15) is 35.3 Å². The molecule has 8 rings (SSSR count). The molecule has 0 saturated heterocycles. The number of rotatable bonds is 10. The van der Waals surface area contributed by atoms with Gasteiger partial charge >= 0.3 is 0 Å². The van der Waals surface area contributed by atoms with Gasteiger partial charge < -0.3 is 21.4 Å². The predicted molar refractivity (Wildman–Crippen MR) is 229 cm³/mol. The van der Waals surface area contributed by atoms with Gasteiger partial charge in [-0.3, -0.25) is 0 Å². The lowest BCUT2D eigenvalue weighted by Crippen LogP contribution is -2.23. The standard InChI is InChI=1S/C49H41N5/c1-3-14-44-40(35-15-6-4-7-16-35)31-32-41(47(44)50)36-23-25-38(26-24-36)49(53-48(51)37-17-8-5-9-18-37)52-33(2)34-27-29-39(30-28-34)54-45-21-12-10-19-42(45)43-20-11-13-22-46(43)54/h3-32,49,52H,2,50H2,1H3,(H2,51,53)/b14-3-. The highest BCUT2D eigenvalue weighted by atomic mass is 15.1. The van der Waals surface area contributed by atoms with Gasteiger partial charge in [0.2, 0.25) is 0 Å². The van der Waals surface area contributed by atoms with E-state index in [4.69, 9.17) is 16.5 Å². The van der Waals surface area contributed by atoms with Crippen molar-refractivity contribution in [2.45, 2.75) is 13.1 Å². The molecule has 1 heterocycles. The summed E-state index contributed by atoms with van der Waals surface area (Å²) in [5, 5.41) is 6.05. The monoisotopic (exact) mass is 699 g/mol. The molecule has 0 aliphatic carbocycles. The van der Waals surface area contributed by atoms with Crippen molar-refractivity contribution in [3.8, 4) is 27.9 Å². The van der Waals surface area contributed by atoms with Crippen LogP contribution < -0.4 is 16.8 Å². The van der Waals surface area contributed by atoms with E-state index in [2.05, 4.69) is 144 Å². The molecule has 0 aliphatic heterocycles. The summed E-state index contributed by atoms with van der Waals surface area (Å²) in [5.74, 6) is 0.434. The average Bonchev–Trinajstić information content (AvgIpc) is 3.56. The highest BCUT2D eigenvalue weighted by Crippen LogP contribution is 2.37. The largest absolute Gasteiger partial charge is 0.398 e. The third kappa shape index (κ3) is 6.55. The van der Waals surface area contributed by atoms with Crippen LogP contribution in [0.25, 0.3) is 61.5 Å². The van der Waals surface area contributed by atoms with Gasteiger partial charge in [0.25, 0.3) is 0 Å². The molecule has 0 aliphatic rings. The molecule has 54 heavy (non-hydrogen) atoms. The van der Waals surface area contributed by atoms with Crippen LogP contribution in [0.15, 0.2) is 188 Å². The summed E-state index contributed by atoms with van der Waals surface area (Å²) in [4.78, 5) is 5.00. The Morgan fingerprint density at radius 1 is 0.630 bits per heavy atom. The quantitative estimate of drug-likeness (QED) is 0.0755. The van der Waals surface area contributed by atoms with Crippen molar-refractivity contribution in [1.29, 1.82) is 0 Å². The van der Waals surface area contributed by atoms with Gasteiger partial charge in [-0.15, -0.1) is 0 Å². The van der Waals surface area contributed by atoms with Gasteiger partial charge in [-0.05, 0) is 59.0 Å². The number of benzene rings is 7. The molecular formula is C49H41N5. The number of allylic oxidation sites excluding steroid dienone is 1. The number of anilines is 1. The first-order valence-electron chi connectivity index (χ1n) is 18.1. The average molecular weight is 700 g/mol. The van der Waals surface area contributed by atoms with Crippen LogP contribution in [-0.4, -0.2) is 10.4 Å². The van der Waals surface area contributed by atoms with Crippen LogP contribution in [0.5, 0.6) is 0 Å². The summed E-state index contributed by atoms with van der Waals surface area (Å²) in [5.41, 5.74) is 26.4. The van der Waals surface area contributed by atoms with Crippen molar-refractivity contribution in [2.24, 2.45) is 10.7 Å². The van der Waals surface area contributed by atoms with E-state index in [1.54, 1.807) is 0 Å². The van der Waals surface area contributed by atoms with E-state index in [0.29, 0.717) is 5.84 Å². The minimum absolute atomic E-state index is 0.434. The van der Waals surface area contributed by atoms with E-state index < -0.39 is 6.17 Å². The SMILES string of the molecule is C=C(NC(/N=C(\N)c1ccccc1)c1ccc(-c2ccc(-c3ccccc3)c(/C=C\C)c2N)cc1)c1ccc(-n2c3ccccc3c3ccccc32)cc1. The molecule has 1 unspecified atom stereocenters. The Morgan fingerprint density at radius 3 is 1.81 bits per heavy atom. The number of nitrogens with zero attached hydrogens (tertiary/aromatic N) is 2. The number of fused-ring (bicyclic) bond motifs is 3. The number of nitrogens with two attached hydrogens (primary N) is 2. The fraction of sp³-hybridized carbons (Fsp3) is 0.0408. The summed E-state index contributed by atoms with van der Waals surface area (Å²) in [6.45, 7) is 6.46. The molecule has 0 saturated carbocycles. The lowest BCUT2D eigenvalue weighted by atomic mass is 9.92. The lowest BCUT2D eigenvalue weighted by Gasteiger charge is -2.20. The van der Waals surface area contributed by atoms with Gasteiger partial charge in [0.05, 0.1) is 11.0 Å². The minimum atomic E-state index is -0.500. The Hall–Kier alpha value is -7.11. The molecule has 0 bridgehead atoms. The molecule has 7 aromatic carbocycles. The number of aliphatic imine (C=N–C) groups is 1. The number of hydrogen-bond acceptors (Lipinski definition) is 3. The van der Waals surface area contributed by atoms with Gasteiger partial charge in [-0.1, -0.05) is 164 Å². The number of aromatic nitrogens is 1. The van der Waals surface area contributed by atoms with E-state index in [9.17, 15) is 0 Å². The normalized spacial score (nSPS) is 12.4. The van der Waals surface area contributed by atoms with Crippen molar-refractivity contribution in [2.75, 3.05) is 5.73 Å². The highest BCUT2D eigenvalue weighted by Gasteiger charge is 2.17. The maximum absolute atomic E-state index is 6.88. The molecule has 5 N–H and O–H groups in total. The predicted octanol–water partition coefficient (Wildman–Crippen LogP) is 11.4. The topological polar surface area (TPSA) is 81.4 Å². The van der Waals surface area contributed by atoms with Crippen LogP contribution >= 0.6 is 0 Å². The summed E-state index contributed by atoms with van der Waals surface area (Å²) in [6.07, 6.45) is 3.61. The van der Waals surface area contributed by atoms with Crippen LogP contribution in [0, 0.1) is 0 Å². The molecule has 0 spiro atoms. The van der Waals surface area contributed by atoms with Crippen molar-refractivity contribution in [1.82, 2.24) is 9.88 Å². The molecule has 8 aromatic rings. The van der Waals surface area contributed by atoms with Gasteiger partial charge in [-0.2, -0.15) is 0 Å². The van der Waals surface area contributed by atoms with Gasteiger partial charge in [-0.25, -0.2) is 4.99 Å². The molecule has 1 aromatic heterocycles. The maximum atomic E-state index is 6.88. The molecule has 0 radical (unpaired) electrons. The van der Waals surface area contributed by atoms with Crippen molar-refractivity contribution < 1.29 is 0 Å². The Labute approximate surface area is 316 Å². The Kier molecular flexibility index (Phi) is 9.36. The van der Waals surface area contributed by atoms with Crippen LogP contribution in [0.4, 0.5) is 5.69 Å². The van der Waals surface area contributed by atoms with Gasteiger partial charge in [0.15, 0.2) is 0 Å². The Bertz CT molecular complexity index is 2600. The summed E-state index contributed by atoms with van der Waals surface area (Å²) < 4.78 is 2.31. The Morgan fingerprint density at radius 2 is 1.19 bits per heavy atom. The van der Waals surface area contributed by atoms with Crippen molar-refractivity contribution in [3.05, 3.63) is 205 Å². The summed E-state index contributed by atoms with van der Waals surface area (Å²) in [7, 11) is 0. The number of nitrogen functional groups attached to an aromatic ring is 1. The van der Waals surface area contributed by atoms with E-state index in [1.807, 2.05) is 61.5 Å². The lowest BCUT2D eigenvalue weighted by molar-refractivity contribution is 0.670. The second kappa shape index (κ2) is 14.9. The minimum Gasteiger partial charge on any atom is -0.398 e. The fourth-order valence-corrected chi connectivity index (χ4v) is 7.22. The highest BCUT2D eigenvalue weighted by molar-refractivity contribution is 6.09. The molecular weight excluding hydrogens is 659 g/mol. The number of amidine groups is 1. The van der Waals surface area contributed by atoms with E-state index >= 15 is 0 Å². The molecule has 5 heteroatoms. The second-order valence-electron chi connectivity index (χ2n) is 13.3. The summed E-state index contributed by atoms with van der Waals surface area (Å²) >= 11 is 0. The zero-order valence-electron chi connectivity index (χ0n) is 30.2. The van der Waals surface area contributed by atoms with Crippen molar-refractivity contribution >= 4 is 45.1 Å². The zero-order chi connectivity index (χ0) is 37.0. The van der Waals surface area contributed by atoms with Crippen LogP contribution in [-0.2, 0) is 0 Å². The molecule has 5 nitrogen and oxygen atoms in total. The number of para-hydroxylation sites is 2. The Balaban J connectivity index is 1.11. The molecule has 0 amide bonds. The van der Waals surface area contributed by atoms with Crippen LogP contribution in [0.3, 0.4) is 0 Å². The van der Waals surface area contributed by atoms with E-state index in [0.717, 1.165) is 61.6 Å². The van der Waals surface area contributed by atoms with Crippen molar-refractivity contribution in [3.63, 3.8) is 0 Å². The first kappa shape index (κ1) is 34.0. The first-order valence-corrected chi connectivity index (χ1v) is 18.1. The molecule has 1 atom stereocenters. The smallest absolute Gasteiger partial charge is 0.147 e. The second-order valence-corrected chi connectivity index (χ2v) is 13.3. The number of nitrogens with one attached hydrogen (secondary N) is 1. The summed E-state index contributed by atoms with van der Waals surface area (Å²) in [6, 6.07) is 58.3. The van der Waals surface area contributed by atoms with Gasteiger partial charge in [0, 0.05) is 44.5 Å². The molecule has 262 valence electrons. The van der Waals surface area contributed by atoms with Gasteiger partial charge in [0.1, 0.15) is 12.0 Å².